The zero-order valence-electron chi connectivity index (χ0n) is 13.4. The second-order valence-corrected chi connectivity index (χ2v) is 6.21. The molecule has 0 N–H and O–H groups in total. The van der Waals surface area contributed by atoms with Gasteiger partial charge in [-0.05, 0) is 51.4 Å². The predicted molar refractivity (Wildman–Crippen MR) is 83.5 cm³/mol. The second kappa shape index (κ2) is 7.62. The first-order chi connectivity index (χ1) is 10.1. The average Bonchev–Trinajstić information content (AvgIpc) is 2.53. The number of rotatable bonds is 5. The predicted octanol–water partition coefficient (Wildman–Crippen LogP) is 2.94. The van der Waals surface area contributed by atoms with Crippen LogP contribution in [0.25, 0.3) is 0 Å². The molecule has 1 atom stereocenters. The molecule has 2 amide bonds. The van der Waals surface area contributed by atoms with Crippen molar-refractivity contribution in [3.05, 3.63) is 11.8 Å². The molecule has 0 saturated carbocycles. The van der Waals surface area contributed by atoms with Gasteiger partial charge in [-0.1, -0.05) is 6.08 Å². The van der Waals surface area contributed by atoms with E-state index in [-0.39, 0.29) is 11.8 Å². The van der Waals surface area contributed by atoms with Gasteiger partial charge < -0.3 is 9.80 Å². The van der Waals surface area contributed by atoms with E-state index in [2.05, 4.69) is 6.08 Å². The van der Waals surface area contributed by atoms with Crippen LogP contribution in [0.15, 0.2) is 11.8 Å². The zero-order chi connectivity index (χ0) is 15.2. The molecule has 4 heteroatoms. The van der Waals surface area contributed by atoms with E-state index >= 15 is 0 Å². The van der Waals surface area contributed by atoms with Crippen LogP contribution in [0.3, 0.4) is 0 Å². The van der Waals surface area contributed by atoms with Crippen LogP contribution in [0.1, 0.15) is 58.3 Å². The number of carbonyl (C=O) groups excluding carboxylic acids is 2. The molecule has 0 aromatic carbocycles. The third kappa shape index (κ3) is 4.08. The fraction of sp³-hybridized carbons (Fsp3) is 0.765. The third-order valence-electron chi connectivity index (χ3n) is 4.76. The molecule has 2 rings (SSSR count). The average molecular weight is 292 g/mol. The minimum atomic E-state index is 0.138. The van der Waals surface area contributed by atoms with Crippen LogP contribution < -0.4 is 0 Å². The largest absolute Gasteiger partial charge is 0.346 e. The number of amides is 2. The number of carbonyl (C=O) groups is 2. The van der Waals surface area contributed by atoms with Gasteiger partial charge >= 0.3 is 0 Å². The molecule has 1 saturated heterocycles. The summed E-state index contributed by atoms with van der Waals surface area (Å²) in [7, 11) is 1.81. The Morgan fingerprint density at radius 1 is 1.29 bits per heavy atom. The van der Waals surface area contributed by atoms with Crippen molar-refractivity contribution in [2.45, 2.75) is 58.3 Å². The number of hydrogen-bond acceptors (Lipinski definition) is 2. The normalized spacial score (nSPS) is 21.5. The summed E-state index contributed by atoms with van der Waals surface area (Å²) in [6.07, 6.45) is 9.84. The molecule has 1 unspecified atom stereocenters. The molecule has 1 aliphatic carbocycles. The summed E-state index contributed by atoms with van der Waals surface area (Å²) >= 11 is 0. The Kier molecular flexibility index (Phi) is 5.83. The highest BCUT2D eigenvalue weighted by molar-refractivity contribution is 5.80. The van der Waals surface area contributed by atoms with Gasteiger partial charge in [0.1, 0.15) is 0 Å². The van der Waals surface area contributed by atoms with Gasteiger partial charge in [-0.15, -0.1) is 0 Å². The minimum absolute atomic E-state index is 0.138. The highest BCUT2D eigenvalue weighted by atomic mass is 16.2. The maximum absolute atomic E-state index is 12.4. The van der Waals surface area contributed by atoms with Crippen molar-refractivity contribution in [2.75, 3.05) is 20.1 Å². The smallest absolute Gasteiger partial charge is 0.226 e. The standard InChI is InChI=1S/C17H28N2O2/c1-3-18(2)16(20)11-6-12-17(21)19-13-7-9-14-8-4-5-10-15(14)19/h10,14H,3-9,11-13H2,1-2H3. The molecule has 21 heavy (non-hydrogen) atoms. The van der Waals surface area contributed by atoms with Gasteiger partial charge in [-0.2, -0.15) is 0 Å². The third-order valence-corrected chi connectivity index (χ3v) is 4.76. The van der Waals surface area contributed by atoms with E-state index in [0.29, 0.717) is 25.2 Å². The van der Waals surface area contributed by atoms with E-state index in [1.807, 2.05) is 18.9 Å². The van der Waals surface area contributed by atoms with Crippen molar-refractivity contribution < 1.29 is 9.59 Å². The summed E-state index contributed by atoms with van der Waals surface area (Å²) in [5.41, 5.74) is 1.27. The fourth-order valence-corrected chi connectivity index (χ4v) is 3.34. The second-order valence-electron chi connectivity index (χ2n) is 6.21. The fourth-order valence-electron chi connectivity index (χ4n) is 3.34. The number of nitrogens with zero attached hydrogens (tertiary/aromatic N) is 2. The maximum atomic E-state index is 12.4. The van der Waals surface area contributed by atoms with E-state index in [0.717, 1.165) is 25.9 Å². The van der Waals surface area contributed by atoms with Crippen molar-refractivity contribution >= 4 is 11.8 Å². The Labute approximate surface area is 128 Å². The van der Waals surface area contributed by atoms with Crippen LogP contribution in [0.5, 0.6) is 0 Å². The Morgan fingerprint density at radius 2 is 2.05 bits per heavy atom. The van der Waals surface area contributed by atoms with E-state index in [1.54, 1.807) is 4.90 Å². The summed E-state index contributed by atoms with van der Waals surface area (Å²) in [6, 6.07) is 0. The van der Waals surface area contributed by atoms with Crippen molar-refractivity contribution in [1.29, 1.82) is 0 Å². The van der Waals surface area contributed by atoms with Gasteiger partial charge in [-0.25, -0.2) is 0 Å². The topological polar surface area (TPSA) is 40.6 Å². The van der Waals surface area contributed by atoms with Gasteiger partial charge in [-0.3, -0.25) is 9.59 Å². The van der Waals surface area contributed by atoms with Crippen molar-refractivity contribution in [2.24, 2.45) is 5.92 Å². The van der Waals surface area contributed by atoms with Crippen LogP contribution in [0.4, 0.5) is 0 Å². The van der Waals surface area contributed by atoms with Crippen molar-refractivity contribution in [3.63, 3.8) is 0 Å². The lowest BCUT2D eigenvalue weighted by molar-refractivity contribution is -0.131. The van der Waals surface area contributed by atoms with E-state index in [1.165, 1.54) is 25.0 Å². The molecular weight excluding hydrogens is 264 g/mol. The highest BCUT2D eigenvalue weighted by Crippen LogP contribution is 2.35. The molecule has 2 aliphatic rings. The summed E-state index contributed by atoms with van der Waals surface area (Å²) in [4.78, 5) is 27.9. The van der Waals surface area contributed by atoms with Crippen LogP contribution in [0, 0.1) is 5.92 Å². The zero-order valence-corrected chi connectivity index (χ0v) is 13.4. The summed E-state index contributed by atoms with van der Waals surface area (Å²) < 4.78 is 0. The number of piperidine rings is 1. The molecule has 0 aromatic heterocycles. The van der Waals surface area contributed by atoms with Crippen LogP contribution >= 0.6 is 0 Å². The summed E-state index contributed by atoms with van der Waals surface area (Å²) in [5.74, 6) is 0.947. The Morgan fingerprint density at radius 3 is 2.81 bits per heavy atom. The quantitative estimate of drug-likeness (QED) is 0.781. The molecule has 0 bridgehead atoms. The van der Waals surface area contributed by atoms with Crippen LogP contribution in [-0.2, 0) is 9.59 Å². The monoisotopic (exact) mass is 292 g/mol. The number of hydrogen-bond donors (Lipinski definition) is 0. The first kappa shape index (κ1) is 16.1. The molecule has 1 fully saturated rings. The lowest BCUT2D eigenvalue weighted by Gasteiger charge is -2.38. The SMILES string of the molecule is CCN(C)C(=O)CCCC(=O)N1CCCC2CCCC=C21. The molecule has 0 aromatic rings. The maximum Gasteiger partial charge on any atom is 0.226 e. The Balaban J connectivity index is 1.82. The molecule has 0 radical (unpaired) electrons. The molecule has 118 valence electrons. The van der Waals surface area contributed by atoms with Gasteiger partial charge in [0.05, 0.1) is 0 Å². The Bertz CT molecular complexity index is 417. The molecular formula is C17H28N2O2. The van der Waals surface area contributed by atoms with Crippen LogP contribution in [-0.4, -0.2) is 41.8 Å². The first-order valence-corrected chi connectivity index (χ1v) is 8.38. The lowest BCUT2D eigenvalue weighted by Crippen LogP contribution is -2.39. The van der Waals surface area contributed by atoms with E-state index in [4.69, 9.17) is 0 Å². The minimum Gasteiger partial charge on any atom is -0.346 e. The van der Waals surface area contributed by atoms with Gasteiger partial charge in [0.15, 0.2) is 0 Å². The van der Waals surface area contributed by atoms with E-state index < -0.39 is 0 Å². The number of fused-ring (bicyclic) bond motifs is 1. The Hall–Kier alpha value is -1.32. The summed E-state index contributed by atoms with van der Waals surface area (Å²) in [6.45, 7) is 3.56. The van der Waals surface area contributed by atoms with E-state index in [9.17, 15) is 9.59 Å². The van der Waals surface area contributed by atoms with Gasteiger partial charge in [0, 0.05) is 38.7 Å². The molecule has 4 nitrogen and oxygen atoms in total. The van der Waals surface area contributed by atoms with Crippen molar-refractivity contribution in [3.8, 4) is 0 Å². The number of allylic oxidation sites excluding steroid dienone is 2. The van der Waals surface area contributed by atoms with Crippen LogP contribution in [0.2, 0.25) is 0 Å². The van der Waals surface area contributed by atoms with Gasteiger partial charge in [0.2, 0.25) is 11.8 Å². The molecule has 1 aliphatic heterocycles. The van der Waals surface area contributed by atoms with Gasteiger partial charge in [0.25, 0.3) is 0 Å². The highest BCUT2D eigenvalue weighted by Gasteiger charge is 2.29. The summed E-state index contributed by atoms with van der Waals surface area (Å²) in [5, 5.41) is 0. The molecule has 0 spiro atoms. The van der Waals surface area contributed by atoms with Crippen molar-refractivity contribution in [1.82, 2.24) is 9.80 Å². The first-order valence-electron chi connectivity index (χ1n) is 8.38. The lowest BCUT2D eigenvalue weighted by atomic mass is 9.85. The molecule has 1 heterocycles. The number of likely N-dealkylation sites (tertiary alicyclic amines) is 1.